The number of hydrogen-bond acceptors (Lipinski definition) is 7. The van der Waals surface area contributed by atoms with Crippen molar-refractivity contribution in [3.63, 3.8) is 0 Å². The van der Waals surface area contributed by atoms with Crippen molar-refractivity contribution in [3.05, 3.63) is 23.3 Å². The summed E-state index contributed by atoms with van der Waals surface area (Å²) in [7, 11) is 0. The van der Waals surface area contributed by atoms with Gasteiger partial charge in [0.05, 0.1) is 18.3 Å². The number of rotatable bonds is 4. The van der Waals surface area contributed by atoms with Crippen molar-refractivity contribution in [2.75, 3.05) is 6.61 Å². The van der Waals surface area contributed by atoms with Crippen LogP contribution in [0.15, 0.2) is 23.3 Å². The van der Waals surface area contributed by atoms with Gasteiger partial charge in [-0.3, -0.25) is 9.59 Å². The second-order valence-electron chi connectivity index (χ2n) is 10.6. The van der Waals surface area contributed by atoms with Crippen LogP contribution in [0.1, 0.15) is 53.9 Å². The summed E-state index contributed by atoms with van der Waals surface area (Å²) in [4.78, 5) is 25.4. The molecule has 0 aromatic rings. The van der Waals surface area contributed by atoms with E-state index in [4.69, 9.17) is 4.74 Å². The number of esters is 1. The lowest BCUT2D eigenvalue weighted by Gasteiger charge is -2.52. The molecular weight excluding hydrogens is 400 g/mol. The first-order valence-electron chi connectivity index (χ1n) is 11.2. The first-order chi connectivity index (χ1) is 14.3. The second kappa shape index (κ2) is 6.73. The molecule has 0 aromatic heterocycles. The Morgan fingerprint density at radius 3 is 2.48 bits per heavy atom. The standard InChI is InChI=1S/C24H34O7/c1-6-7-17(26)31-24-18(21(24,4)5)15-9-14(11-25)10-22(29)16(8-12(2)19(22)27)23(15,30)13(3)20(24)28/h8-9,13,15-16,18,20,25,28-30H,6-7,10-11H2,1-5H3/t13-,15+,16-,18-,20-,22+,23-,24-/m1/s1. The van der Waals surface area contributed by atoms with Gasteiger partial charge in [0.2, 0.25) is 0 Å². The molecule has 0 unspecified atom stereocenters. The number of ether oxygens (including phenoxy) is 1. The van der Waals surface area contributed by atoms with Crippen LogP contribution >= 0.6 is 0 Å². The van der Waals surface area contributed by atoms with E-state index in [-0.39, 0.29) is 19.4 Å². The number of aliphatic hydroxyl groups excluding tert-OH is 2. The Morgan fingerprint density at radius 2 is 1.90 bits per heavy atom. The number of Topliss-reactive ketones (excluding diaryl/α,β-unsaturated/α-hetero) is 1. The molecule has 0 amide bonds. The van der Waals surface area contributed by atoms with Crippen LogP contribution in [-0.4, -0.2) is 61.7 Å². The number of fused-ring (bicyclic) bond motifs is 5. The highest BCUT2D eigenvalue weighted by Gasteiger charge is 2.86. The van der Waals surface area contributed by atoms with Crippen LogP contribution in [0.25, 0.3) is 0 Å². The van der Waals surface area contributed by atoms with Crippen molar-refractivity contribution in [2.45, 2.75) is 76.8 Å². The molecule has 7 heteroatoms. The Hall–Kier alpha value is -1.54. The highest BCUT2D eigenvalue weighted by molar-refractivity contribution is 6.04. The molecule has 2 saturated carbocycles. The summed E-state index contributed by atoms with van der Waals surface area (Å²) in [6.07, 6.45) is 2.95. The highest BCUT2D eigenvalue weighted by Crippen LogP contribution is 2.76. The topological polar surface area (TPSA) is 124 Å². The SMILES string of the molecule is CCCC(=O)O[C@@]12[C@H](O)[C@@H](C)[C@@]3(O)[C@@H](C=C(CO)C[C@@]4(O)C(=O)C(C)=C[C@@H]34)[C@@H]1C2(C)C. The van der Waals surface area contributed by atoms with E-state index in [0.717, 1.165) is 0 Å². The van der Waals surface area contributed by atoms with Crippen molar-refractivity contribution in [1.29, 1.82) is 0 Å². The fourth-order valence-corrected chi connectivity index (χ4v) is 7.11. The predicted octanol–water partition coefficient (Wildman–Crippen LogP) is 1.28. The Bertz CT molecular complexity index is 888. The van der Waals surface area contributed by atoms with Gasteiger partial charge < -0.3 is 25.2 Å². The molecule has 0 bridgehead atoms. The van der Waals surface area contributed by atoms with Gasteiger partial charge in [-0.15, -0.1) is 0 Å². The van der Waals surface area contributed by atoms with Crippen molar-refractivity contribution in [2.24, 2.45) is 29.1 Å². The zero-order valence-corrected chi connectivity index (χ0v) is 18.9. The maximum Gasteiger partial charge on any atom is 0.306 e. The van der Waals surface area contributed by atoms with E-state index in [2.05, 4.69) is 0 Å². The quantitative estimate of drug-likeness (QED) is 0.388. The Balaban J connectivity index is 1.88. The first kappa shape index (κ1) is 22.6. The van der Waals surface area contributed by atoms with Gasteiger partial charge in [-0.2, -0.15) is 0 Å². The fourth-order valence-electron chi connectivity index (χ4n) is 7.11. The summed E-state index contributed by atoms with van der Waals surface area (Å²) in [5.74, 6) is -3.64. The molecule has 172 valence electrons. The van der Waals surface area contributed by atoms with Crippen molar-refractivity contribution in [3.8, 4) is 0 Å². The van der Waals surface area contributed by atoms with Crippen LogP contribution in [0.5, 0.6) is 0 Å². The molecule has 8 atom stereocenters. The summed E-state index contributed by atoms with van der Waals surface area (Å²) >= 11 is 0. The molecule has 0 spiro atoms. The maximum atomic E-state index is 12.9. The summed E-state index contributed by atoms with van der Waals surface area (Å²) < 4.78 is 5.94. The van der Waals surface area contributed by atoms with E-state index in [1.165, 1.54) is 0 Å². The number of hydrogen-bond donors (Lipinski definition) is 4. The lowest BCUT2D eigenvalue weighted by molar-refractivity contribution is -0.219. The lowest BCUT2D eigenvalue weighted by Crippen LogP contribution is -2.65. The summed E-state index contributed by atoms with van der Waals surface area (Å²) in [6, 6.07) is 0. The first-order valence-corrected chi connectivity index (χ1v) is 11.2. The Kier molecular flexibility index (Phi) is 4.92. The third-order valence-corrected chi connectivity index (χ3v) is 8.73. The van der Waals surface area contributed by atoms with Gasteiger partial charge in [0, 0.05) is 41.9 Å². The zero-order chi connectivity index (χ0) is 23.1. The molecule has 0 saturated heterocycles. The van der Waals surface area contributed by atoms with Crippen LogP contribution in [0.3, 0.4) is 0 Å². The molecule has 0 heterocycles. The van der Waals surface area contributed by atoms with Gasteiger partial charge in [-0.05, 0) is 24.5 Å². The van der Waals surface area contributed by atoms with E-state index < -0.39 is 63.7 Å². The molecule has 0 radical (unpaired) electrons. The van der Waals surface area contributed by atoms with Gasteiger partial charge in [0.15, 0.2) is 5.78 Å². The molecule has 4 aliphatic carbocycles. The third-order valence-electron chi connectivity index (χ3n) is 8.73. The van der Waals surface area contributed by atoms with Crippen LogP contribution in [0.2, 0.25) is 0 Å². The predicted molar refractivity (Wildman–Crippen MR) is 112 cm³/mol. The summed E-state index contributed by atoms with van der Waals surface area (Å²) in [6.45, 7) is 8.62. The molecule has 2 fully saturated rings. The van der Waals surface area contributed by atoms with Gasteiger partial charge in [0.1, 0.15) is 11.2 Å². The number of aliphatic hydroxyl groups is 4. The van der Waals surface area contributed by atoms with Gasteiger partial charge in [0.25, 0.3) is 0 Å². The molecule has 4 aliphatic rings. The normalized spacial score (nSPS) is 47.4. The van der Waals surface area contributed by atoms with Gasteiger partial charge in [-0.1, -0.05) is 39.8 Å². The molecule has 0 aromatic carbocycles. The monoisotopic (exact) mass is 434 g/mol. The Morgan fingerprint density at radius 1 is 1.26 bits per heavy atom. The second-order valence-corrected chi connectivity index (χ2v) is 10.6. The van der Waals surface area contributed by atoms with Gasteiger partial charge in [-0.25, -0.2) is 0 Å². The van der Waals surface area contributed by atoms with Crippen molar-refractivity contribution in [1.82, 2.24) is 0 Å². The summed E-state index contributed by atoms with van der Waals surface area (Å²) in [5.41, 5.74) is -4.52. The number of carbonyl (C=O) groups is 2. The maximum absolute atomic E-state index is 12.9. The molecular formula is C24H34O7. The largest absolute Gasteiger partial charge is 0.455 e. The van der Waals surface area contributed by atoms with Crippen molar-refractivity contribution < 1.29 is 34.8 Å². The minimum Gasteiger partial charge on any atom is -0.455 e. The van der Waals surface area contributed by atoms with E-state index in [1.807, 2.05) is 20.8 Å². The van der Waals surface area contributed by atoms with Crippen molar-refractivity contribution >= 4 is 11.8 Å². The molecule has 7 nitrogen and oxygen atoms in total. The number of ketones is 1. The Labute approximate surface area is 182 Å². The van der Waals surface area contributed by atoms with Crippen LogP contribution in [-0.2, 0) is 14.3 Å². The smallest absolute Gasteiger partial charge is 0.306 e. The van der Waals surface area contributed by atoms with Crippen LogP contribution in [0.4, 0.5) is 0 Å². The minimum atomic E-state index is -1.88. The van der Waals surface area contributed by atoms with E-state index in [0.29, 0.717) is 17.6 Å². The zero-order valence-electron chi connectivity index (χ0n) is 18.9. The molecule has 31 heavy (non-hydrogen) atoms. The van der Waals surface area contributed by atoms with Crippen LogP contribution in [0, 0.1) is 29.1 Å². The molecule has 0 aliphatic heterocycles. The molecule has 4 N–H and O–H groups in total. The average molecular weight is 435 g/mol. The van der Waals surface area contributed by atoms with Gasteiger partial charge >= 0.3 is 5.97 Å². The average Bonchev–Trinajstić information content (AvgIpc) is 3.13. The number of carbonyl (C=O) groups excluding carboxylic acids is 2. The minimum absolute atomic E-state index is 0.0851. The lowest BCUT2D eigenvalue weighted by atomic mass is 9.59. The third kappa shape index (κ3) is 2.55. The fraction of sp³-hybridized carbons (Fsp3) is 0.750. The molecule has 4 rings (SSSR count). The van der Waals surface area contributed by atoms with Crippen LogP contribution < -0.4 is 0 Å². The van der Waals surface area contributed by atoms with E-state index in [9.17, 15) is 30.0 Å². The van der Waals surface area contributed by atoms with E-state index >= 15 is 0 Å². The highest BCUT2D eigenvalue weighted by atomic mass is 16.6. The summed E-state index contributed by atoms with van der Waals surface area (Å²) in [5, 5.41) is 45.1. The van der Waals surface area contributed by atoms with E-state index in [1.54, 1.807) is 26.0 Å².